The molecule has 0 unspecified atom stereocenters. The van der Waals surface area contributed by atoms with Gasteiger partial charge in [0.2, 0.25) is 5.91 Å². The molecule has 0 bridgehead atoms. The lowest BCUT2D eigenvalue weighted by molar-refractivity contribution is -0.121. The van der Waals surface area contributed by atoms with Crippen LogP contribution in [-0.4, -0.2) is 44.2 Å². The van der Waals surface area contributed by atoms with Crippen molar-refractivity contribution < 1.29 is 9.53 Å². The molecule has 5 heteroatoms. The average molecular weight is 217 g/mol. The topological polar surface area (TPSA) is 67.6 Å². The van der Waals surface area contributed by atoms with Crippen LogP contribution in [0.2, 0.25) is 0 Å². The van der Waals surface area contributed by atoms with E-state index in [0.29, 0.717) is 6.42 Å². The van der Waals surface area contributed by atoms with E-state index in [-0.39, 0.29) is 5.91 Å². The van der Waals surface area contributed by atoms with Crippen molar-refractivity contribution in [3.05, 3.63) is 0 Å². The van der Waals surface area contributed by atoms with Crippen LogP contribution in [0.5, 0.6) is 0 Å². The van der Waals surface area contributed by atoms with Gasteiger partial charge in [0.1, 0.15) is 0 Å². The number of nitrogens with zero attached hydrogens (tertiary/aromatic N) is 1. The van der Waals surface area contributed by atoms with Gasteiger partial charge in [0.05, 0.1) is 6.61 Å². The first-order valence-corrected chi connectivity index (χ1v) is 5.45. The van der Waals surface area contributed by atoms with Crippen LogP contribution in [-0.2, 0) is 9.53 Å². The summed E-state index contributed by atoms with van der Waals surface area (Å²) in [6.07, 6.45) is 2.41. The van der Waals surface area contributed by atoms with Crippen LogP contribution in [0.15, 0.2) is 0 Å². The third-order valence-corrected chi connectivity index (χ3v) is 2.35. The highest BCUT2D eigenvalue weighted by Gasteiger charge is 2.02. The number of unbranched alkanes of at least 4 members (excludes halogenated alkanes) is 1. The van der Waals surface area contributed by atoms with Crippen LogP contribution in [0.3, 0.4) is 0 Å². The molecule has 15 heavy (non-hydrogen) atoms. The number of carbonyl (C=O) groups excluding carboxylic acids is 1. The molecule has 0 rings (SSSR count). The fourth-order valence-corrected chi connectivity index (χ4v) is 1.34. The quantitative estimate of drug-likeness (QED) is 0.249. The van der Waals surface area contributed by atoms with Crippen molar-refractivity contribution in [1.82, 2.24) is 10.3 Å². The molecule has 0 aliphatic rings. The molecule has 0 atom stereocenters. The van der Waals surface area contributed by atoms with Crippen LogP contribution in [0.1, 0.15) is 26.2 Å². The number of hydrogen-bond donors (Lipinski definition) is 2. The van der Waals surface area contributed by atoms with Gasteiger partial charge in [0.15, 0.2) is 0 Å². The molecule has 90 valence electrons. The molecule has 0 saturated carbocycles. The van der Waals surface area contributed by atoms with Gasteiger partial charge in [-0.25, -0.2) is 5.84 Å². The summed E-state index contributed by atoms with van der Waals surface area (Å²) in [5.41, 5.74) is 2.13. The first kappa shape index (κ1) is 14.3. The van der Waals surface area contributed by atoms with E-state index in [1.54, 1.807) is 7.11 Å². The summed E-state index contributed by atoms with van der Waals surface area (Å²) in [6, 6.07) is 0. The Balaban J connectivity index is 3.41. The maximum absolute atomic E-state index is 10.8. The van der Waals surface area contributed by atoms with E-state index in [1.807, 2.05) is 0 Å². The lowest BCUT2D eigenvalue weighted by Gasteiger charge is -2.19. The van der Waals surface area contributed by atoms with Gasteiger partial charge in [-0.3, -0.25) is 10.2 Å². The summed E-state index contributed by atoms with van der Waals surface area (Å²) < 4.78 is 5.01. The maximum Gasteiger partial charge on any atom is 0.233 e. The first-order chi connectivity index (χ1) is 7.24. The second-order valence-corrected chi connectivity index (χ2v) is 3.45. The molecule has 0 aliphatic heterocycles. The molecule has 0 aromatic rings. The Hall–Kier alpha value is -0.650. The van der Waals surface area contributed by atoms with Gasteiger partial charge in [-0.2, -0.15) is 0 Å². The predicted octanol–water partition coefficient (Wildman–Crippen LogP) is 0.115. The Morgan fingerprint density at radius 1 is 1.40 bits per heavy atom. The number of rotatable bonds is 9. The van der Waals surface area contributed by atoms with Crippen molar-refractivity contribution in [3.8, 4) is 0 Å². The number of carbonyl (C=O) groups is 1. The van der Waals surface area contributed by atoms with Crippen molar-refractivity contribution in [2.45, 2.75) is 26.2 Å². The van der Waals surface area contributed by atoms with Gasteiger partial charge in [-0.15, -0.1) is 0 Å². The number of amides is 1. The predicted molar refractivity (Wildman–Crippen MR) is 60.2 cm³/mol. The van der Waals surface area contributed by atoms with Crippen LogP contribution in [0.25, 0.3) is 0 Å². The standard InChI is InChI=1S/C10H23N3O2/c1-3-13(8-9-15-2)7-5-4-6-10(14)12-11/h3-9,11H2,1-2H3,(H,12,14). The highest BCUT2D eigenvalue weighted by atomic mass is 16.5. The monoisotopic (exact) mass is 217 g/mol. The summed E-state index contributed by atoms with van der Waals surface area (Å²) >= 11 is 0. The highest BCUT2D eigenvalue weighted by Crippen LogP contribution is 1.98. The molecule has 1 amide bonds. The van der Waals surface area contributed by atoms with Crippen molar-refractivity contribution >= 4 is 5.91 Å². The second-order valence-electron chi connectivity index (χ2n) is 3.45. The highest BCUT2D eigenvalue weighted by molar-refractivity contribution is 5.74. The molecule has 5 nitrogen and oxygen atoms in total. The summed E-state index contributed by atoms with van der Waals surface area (Å²) in [5.74, 6) is 4.89. The van der Waals surface area contributed by atoms with E-state index < -0.39 is 0 Å². The number of hydrazine groups is 1. The Bertz CT molecular complexity index is 165. The van der Waals surface area contributed by atoms with E-state index in [1.165, 1.54) is 0 Å². The van der Waals surface area contributed by atoms with E-state index in [0.717, 1.165) is 39.1 Å². The molecule has 0 fully saturated rings. The maximum atomic E-state index is 10.8. The van der Waals surface area contributed by atoms with E-state index >= 15 is 0 Å². The zero-order valence-corrected chi connectivity index (χ0v) is 9.79. The largest absolute Gasteiger partial charge is 0.383 e. The van der Waals surface area contributed by atoms with Crippen molar-refractivity contribution in [1.29, 1.82) is 0 Å². The number of likely N-dealkylation sites (N-methyl/N-ethyl adjacent to an activating group) is 1. The smallest absolute Gasteiger partial charge is 0.233 e. The van der Waals surface area contributed by atoms with Gasteiger partial charge < -0.3 is 9.64 Å². The second kappa shape index (κ2) is 9.89. The lowest BCUT2D eigenvalue weighted by atomic mass is 10.2. The molecule has 0 heterocycles. The first-order valence-electron chi connectivity index (χ1n) is 5.45. The number of nitrogens with two attached hydrogens (primary N) is 1. The van der Waals surface area contributed by atoms with Crippen molar-refractivity contribution in [2.24, 2.45) is 5.84 Å². The molecule has 0 radical (unpaired) electrons. The van der Waals surface area contributed by atoms with Crippen LogP contribution in [0.4, 0.5) is 0 Å². The zero-order chi connectivity index (χ0) is 11.5. The third-order valence-electron chi connectivity index (χ3n) is 2.35. The number of ether oxygens (including phenoxy) is 1. The van der Waals surface area contributed by atoms with Gasteiger partial charge in [0.25, 0.3) is 0 Å². The fourth-order valence-electron chi connectivity index (χ4n) is 1.34. The SMILES string of the molecule is CCN(CCCCC(=O)NN)CCOC. The molecule has 0 spiro atoms. The average Bonchev–Trinajstić information content (AvgIpc) is 2.27. The van der Waals surface area contributed by atoms with Crippen LogP contribution in [0, 0.1) is 0 Å². The molecule has 0 aliphatic carbocycles. The molecule has 0 saturated heterocycles. The number of methoxy groups -OCH3 is 1. The van der Waals surface area contributed by atoms with Crippen molar-refractivity contribution in [3.63, 3.8) is 0 Å². The molecule has 0 aromatic heterocycles. The third kappa shape index (κ3) is 8.35. The van der Waals surface area contributed by atoms with E-state index in [9.17, 15) is 4.79 Å². The fraction of sp³-hybridized carbons (Fsp3) is 0.900. The van der Waals surface area contributed by atoms with Gasteiger partial charge in [0, 0.05) is 20.1 Å². The summed E-state index contributed by atoms with van der Waals surface area (Å²) in [7, 11) is 1.71. The minimum Gasteiger partial charge on any atom is -0.383 e. The molecule has 3 N–H and O–H groups in total. The lowest BCUT2D eigenvalue weighted by Crippen LogP contribution is -2.30. The Kier molecular flexibility index (Phi) is 9.46. The van der Waals surface area contributed by atoms with E-state index in [2.05, 4.69) is 17.2 Å². The van der Waals surface area contributed by atoms with Gasteiger partial charge in [-0.1, -0.05) is 6.92 Å². The normalized spacial score (nSPS) is 10.7. The van der Waals surface area contributed by atoms with Crippen LogP contribution < -0.4 is 11.3 Å². The Morgan fingerprint density at radius 3 is 2.67 bits per heavy atom. The summed E-state index contributed by atoms with van der Waals surface area (Å²) in [6.45, 7) is 5.87. The molecular formula is C10H23N3O2. The Morgan fingerprint density at radius 2 is 2.13 bits per heavy atom. The van der Waals surface area contributed by atoms with Gasteiger partial charge >= 0.3 is 0 Å². The van der Waals surface area contributed by atoms with Crippen LogP contribution >= 0.6 is 0 Å². The minimum absolute atomic E-state index is 0.0880. The minimum atomic E-state index is -0.0880. The number of hydrogen-bond acceptors (Lipinski definition) is 4. The number of nitrogens with one attached hydrogen (secondary N) is 1. The molecular weight excluding hydrogens is 194 g/mol. The summed E-state index contributed by atoms with van der Waals surface area (Å²) in [4.78, 5) is 13.1. The van der Waals surface area contributed by atoms with E-state index in [4.69, 9.17) is 10.6 Å². The van der Waals surface area contributed by atoms with Crippen molar-refractivity contribution in [2.75, 3.05) is 33.4 Å². The summed E-state index contributed by atoms with van der Waals surface area (Å²) in [5, 5.41) is 0. The molecule has 0 aromatic carbocycles. The van der Waals surface area contributed by atoms with Gasteiger partial charge in [-0.05, 0) is 25.9 Å². The Labute approximate surface area is 91.9 Å². The zero-order valence-electron chi connectivity index (χ0n) is 9.79.